The maximum Gasteiger partial charge on any atom is 0.336 e. The molecule has 1 aromatic heterocycles. The number of benzene rings is 1. The van der Waals surface area contributed by atoms with E-state index in [-0.39, 0.29) is 18.4 Å². The molecule has 30 heavy (non-hydrogen) atoms. The van der Waals surface area contributed by atoms with Gasteiger partial charge in [-0.1, -0.05) is 31.9 Å². The summed E-state index contributed by atoms with van der Waals surface area (Å²) in [6, 6.07) is 6.11. The number of aryl methyl sites for hydroxylation is 1. The van der Waals surface area contributed by atoms with Crippen molar-refractivity contribution in [1.82, 2.24) is 10.2 Å². The van der Waals surface area contributed by atoms with E-state index in [1.54, 1.807) is 12.1 Å². The van der Waals surface area contributed by atoms with Gasteiger partial charge in [0.25, 0.3) is 5.91 Å². The summed E-state index contributed by atoms with van der Waals surface area (Å²) in [5.74, 6) is -1.06. The highest BCUT2D eigenvalue weighted by Crippen LogP contribution is 2.38. The number of imide groups is 1. The molecule has 8 nitrogen and oxygen atoms in total. The van der Waals surface area contributed by atoms with Gasteiger partial charge in [0.2, 0.25) is 0 Å². The summed E-state index contributed by atoms with van der Waals surface area (Å²) >= 11 is 0. The van der Waals surface area contributed by atoms with E-state index in [9.17, 15) is 19.2 Å². The molecule has 1 saturated carbocycles. The first-order valence-corrected chi connectivity index (χ1v) is 10.1. The van der Waals surface area contributed by atoms with Gasteiger partial charge in [-0.15, -0.1) is 0 Å². The quantitative estimate of drug-likeness (QED) is 0.470. The summed E-state index contributed by atoms with van der Waals surface area (Å²) in [5.41, 5.74) is 0.396. The van der Waals surface area contributed by atoms with E-state index in [1.807, 2.05) is 19.9 Å². The van der Waals surface area contributed by atoms with E-state index >= 15 is 0 Å². The molecule has 2 fully saturated rings. The third-order valence-electron chi connectivity index (χ3n) is 6.16. The van der Waals surface area contributed by atoms with Gasteiger partial charge in [-0.3, -0.25) is 14.5 Å². The van der Waals surface area contributed by atoms with E-state index in [0.717, 1.165) is 29.7 Å². The van der Waals surface area contributed by atoms with Gasteiger partial charge in [0.15, 0.2) is 0 Å². The van der Waals surface area contributed by atoms with E-state index in [0.29, 0.717) is 23.0 Å². The fraction of sp³-hybridized carbons (Fsp3) is 0.455. The lowest BCUT2D eigenvalue weighted by molar-refractivity contribution is -0.149. The Kier molecular flexibility index (Phi) is 5.09. The normalized spacial score (nSPS) is 23.8. The van der Waals surface area contributed by atoms with Gasteiger partial charge < -0.3 is 14.5 Å². The number of fused-ring (bicyclic) bond motifs is 1. The Hall–Kier alpha value is -3.16. The summed E-state index contributed by atoms with van der Waals surface area (Å²) < 4.78 is 10.5. The van der Waals surface area contributed by atoms with E-state index in [2.05, 4.69) is 5.32 Å². The molecule has 1 saturated heterocycles. The Bertz CT molecular complexity index is 1090. The van der Waals surface area contributed by atoms with E-state index in [1.165, 1.54) is 6.07 Å². The van der Waals surface area contributed by atoms with Crippen LogP contribution in [-0.2, 0) is 20.9 Å². The molecule has 8 heteroatoms. The third-order valence-corrected chi connectivity index (χ3v) is 6.16. The molecule has 1 spiro atoms. The Morgan fingerprint density at radius 3 is 2.83 bits per heavy atom. The van der Waals surface area contributed by atoms with Gasteiger partial charge in [0, 0.05) is 17.0 Å². The van der Waals surface area contributed by atoms with Crippen molar-refractivity contribution < 1.29 is 23.5 Å². The van der Waals surface area contributed by atoms with Gasteiger partial charge in [0.1, 0.15) is 24.3 Å². The maximum atomic E-state index is 12.9. The van der Waals surface area contributed by atoms with Crippen LogP contribution in [0.3, 0.4) is 0 Å². The zero-order valence-electron chi connectivity index (χ0n) is 17.0. The van der Waals surface area contributed by atoms with Gasteiger partial charge in [-0.2, -0.15) is 0 Å². The number of carbonyl (C=O) groups is 3. The van der Waals surface area contributed by atoms with Crippen LogP contribution in [0.2, 0.25) is 0 Å². The van der Waals surface area contributed by atoms with Crippen LogP contribution in [0, 0.1) is 12.8 Å². The van der Waals surface area contributed by atoms with Gasteiger partial charge >= 0.3 is 17.6 Å². The molecular formula is C22H24N2O6. The lowest BCUT2D eigenvalue weighted by Gasteiger charge is -2.36. The maximum absolute atomic E-state index is 12.9. The minimum Gasteiger partial charge on any atom is -0.459 e. The van der Waals surface area contributed by atoms with Crippen molar-refractivity contribution in [2.45, 2.75) is 51.7 Å². The minimum absolute atomic E-state index is 0.0158. The SMILES string of the molecule is Cc1ccc2c(COC(=O)CN3C(=O)N[C@@]4(CCCC[C@@H]4C)C3=O)cc(=O)oc2c1. The Morgan fingerprint density at radius 1 is 1.27 bits per heavy atom. The Morgan fingerprint density at radius 2 is 2.07 bits per heavy atom. The van der Waals surface area contributed by atoms with Crippen LogP contribution >= 0.6 is 0 Å². The first kappa shape index (κ1) is 20.1. The average molecular weight is 412 g/mol. The highest BCUT2D eigenvalue weighted by atomic mass is 16.5. The topological polar surface area (TPSA) is 106 Å². The van der Waals surface area contributed by atoms with Crippen molar-refractivity contribution in [1.29, 1.82) is 0 Å². The molecule has 1 N–H and O–H groups in total. The summed E-state index contributed by atoms with van der Waals surface area (Å²) in [6.45, 7) is 3.21. The predicted molar refractivity (Wildman–Crippen MR) is 108 cm³/mol. The van der Waals surface area contributed by atoms with Crippen LogP contribution in [0.5, 0.6) is 0 Å². The minimum atomic E-state index is -0.915. The molecule has 2 aliphatic rings. The number of amides is 3. The smallest absolute Gasteiger partial charge is 0.336 e. The van der Waals surface area contributed by atoms with Crippen molar-refractivity contribution >= 4 is 28.9 Å². The first-order chi connectivity index (χ1) is 14.3. The zero-order valence-corrected chi connectivity index (χ0v) is 17.0. The molecule has 0 unspecified atom stereocenters. The van der Waals surface area contributed by atoms with Crippen LogP contribution in [0.4, 0.5) is 4.79 Å². The molecule has 2 aromatic rings. The number of nitrogens with one attached hydrogen (secondary N) is 1. The predicted octanol–water partition coefficient (Wildman–Crippen LogP) is 2.65. The summed E-state index contributed by atoms with van der Waals surface area (Å²) in [4.78, 5) is 50.5. The Balaban J connectivity index is 1.46. The van der Waals surface area contributed by atoms with Crippen molar-refractivity contribution in [3.63, 3.8) is 0 Å². The largest absolute Gasteiger partial charge is 0.459 e. The average Bonchev–Trinajstić information content (AvgIpc) is 2.93. The zero-order chi connectivity index (χ0) is 21.5. The van der Waals surface area contributed by atoms with Crippen molar-refractivity contribution in [3.8, 4) is 0 Å². The van der Waals surface area contributed by atoms with Crippen molar-refractivity contribution in [3.05, 3.63) is 45.8 Å². The number of esters is 1. The molecule has 2 atom stereocenters. The molecule has 158 valence electrons. The lowest BCUT2D eigenvalue weighted by atomic mass is 9.73. The second-order valence-electron chi connectivity index (χ2n) is 8.19. The molecule has 2 heterocycles. The number of nitrogens with zero attached hydrogens (tertiary/aromatic N) is 1. The van der Waals surface area contributed by atoms with Crippen LogP contribution in [0.25, 0.3) is 11.0 Å². The monoisotopic (exact) mass is 412 g/mol. The summed E-state index contributed by atoms with van der Waals surface area (Å²) in [5, 5.41) is 3.48. The number of hydrogen-bond acceptors (Lipinski definition) is 6. The summed E-state index contributed by atoms with van der Waals surface area (Å²) in [6.07, 6.45) is 3.31. The molecule has 1 aliphatic heterocycles. The lowest BCUT2D eigenvalue weighted by Crippen LogP contribution is -2.54. The first-order valence-electron chi connectivity index (χ1n) is 10.1. The highest BCUT2D eigenvalue weighted by Gasteiger charge is 2.55. The van der Waals surface area contributed by atoms with Gasteiger partial charge in [0.05, 0.1) is 0 Å². The number of ether oxygens (including phenoxy) is 1. The highest BCUT2D eigenvalue weighted by molar-refractivity contribution is 6.09. The second-order valence-corrected chi connectivity index (χ2v) is 8.19. The summed E-state index contributed by atoms with van der Waals surface area (Å²) in [7, 11) is 0. The van der Waals surface area contributed by atoms with Crippen LogP contribution in [-0.4, -0.2) is 34.9 Å². The van der Waals surface area contributed by atoms with E-state index in [4.69, 9.17) is 9.15 Å². The molecule has 4 rings (SSSR count). The van der Waals surface area contributed by atoms with Crippen LogP contribution in [0.1, 0.15) is 43.7 Å². The number of rotatable bonds is 4. The van der Waals surface area contributed by atoms with Crippen LogP contribution in [0.15, 0.2) is 33.5 Å². The Labute approximate surface area is 173 Å². The molecule has 3 amide bonds. The van der Waals surface area contributed by atoms with Crippen molar-refractivity contribution in [2.75, 3.05) is 6.54 Å². The molecule has 0 radical (unpaired) electrons. The fourth-order valence-electron chi connectivity index (χ4n) is 4.43. The molecular weight excluding hydrogens is 388 g/mol. The van der Waals surface area contributed by atoms with Gasteiger partial charge in [-0.25, -0.2) is 9.59 Å². The number of urea groups is 1. The number of carbonyl (C=O) groups excluding carboxylic acids is 3. The van der Waals surface area contributed by atoms with E-state index < -0.39 is 29.7 Å². The number of hydrogen-bond donors (Lipinski definition) is 1. The van der Waals surface area contributed by atoms with Crippen LogP contribution < -0.4 is 10.9 Å². The molecule has 1 aliphatic carbocycles. The third kappa shape index (κ3) is 3.46. The molecule has 1 aromatic carbocycles. The standard InChI is InChI=1S/C22H24N2O6/c1-13-6-7-16-15(10-18(25)30-17(16)9-13)12-29-19(26)11-24-20(27)22(23-21(24)28)8-4-3-5-14(22)2/h6-7,9-10,14H,3-5,8,11-12H2,1-2H3,(H,23,28)/t14-,22+/m0/s1. The van der Waals surface area contributed by atoms with Crippen molar-refractivity contribution in [2.24, 2.45) is 5.92 Å². The van der Waals surface area contributed by atoms with Gasteiger partial charge in [-0.05, 0) is 37.3 Å². The molecule has 0 bridgehead atoms. The fourth-order valence-corrected chi connectivity index (χ4v) is 4.43. The second kappa shape index (κ2) is 7.59.